The Bertz CT molecular complexity index is 1440. The molecule has 37 heavy (non-hydrogen) atoms. The van der Waals surface area contributed by atoms with Crippen molar-refractivity contribution >= 4 is 27.4 Å². The van der Waals surface area contributed by atoms with Crippen molar-refractivity contribution in [2.24, 2.45) is 0 Å². The van der Waals surface area contributed by atoms with Crippen molar-refractivity contribution in [1.29, 1.82) is 0 Å². The molecule has 0 spiro atoms. The topological polar surface area (TPSA) is 120 Å². The minimum Gasteiger partial charge on any atom is -0.481 e. The van der Waals surface area contributed by atoms with Crippen LogP contribution in [0.3, 0.4) is 0 Å². The standard InChI is InChI=1S/C27H26N4O5S/c1-3-24(36-22-13-9-20(10-14-22)19-7-5-4-6-8-19)26(32)30-21-11-15-23(16-12-21)37(33,34)31-25-27(35-2)29-18-17-28-25/h4-18,24H,3H2,1-2H3,(H,28,31)(H,30,32). The van der Waals surface area contributed by atoms with Gasteiger partial charge in [0, 0.05) is 18.1 Å². The van der Waals surface area contributed by atoms with Crippen molar-refractivity contribution < 1.29 is 22.7 Å². The molecule has 4 aromatic rings. The summed E-state index contributed by atoms with van der Waals surface area (Å²) in [5, 5.41) is 2.78. The number of carbonyl (C=O) groups excluding carboxylic acids is 1. The molecule has 0 bridgehead atoms. The second kappa shape index (κ2) is 11.5. The van der Waals surface area contributed by atoms with Crippen LogP contribution >= 0.6 is 0 Å². The van der Waals surface area contributed by atoms with Crippen LogP contribution in [-0.2, 0) is 14.8 Å². The van der Waals surface area contributed by atoms with E-state index >= 15 is 0 Å². The van der Waals surface area contributed by atoms with Gasteiger partial charge in [-0.25, -0.2) is 18.4 Å². The number of nitrogens with one attached hydrogen (secondary N) is 2. The minimum atomic E-state index is -3.95. The number of ether oxygens (including phenoxy) is 2. The summed E-state index contributed by atoms with van der Waals surface area (Å²) in [5.41, 5.74) is 2.57. The molecule has 0 saturated heterocycles. The molecule has 2 N–H and O–H groups in total. The molecule has 1 atom stereocenters. The highest BCUT2D eigenvalue weighted by atomic mass is 32.2. The van der Waals surface area contributed by atoms with Gasteiger partial charge in [0.15, 0.2) is 6.10 Å². The number of aromatic nitrogens is 2. The van der Waals surface area contributed by atoms with Crippen LogP contribution in [0.5, 0.6) is 11.6 Å². The first-order valence-corrected chi connectivity index (χ1v) is 13.0. The quantitative estimate of drug-likeness (QED) is 0.311. The first kappa shape index (κ1) is 25.6. The molecule has 10 heteroatoms. The van der Waals surface area contributed by atoms with E-state index in [1.807, 2.05) is 61.5 Å². The Morgan fingerprint density at radius 2 is 1.54 bits per heavy atom. The van der Waals surface area contributed by atoms with E-state index in [1.165, 1.54) is 43.8 Å². The molecular formula is C27H26N4O5S. The lowest BCUT2D eigenvalue weighted by Crippen LogP contribution is -2.32. The third kappa shape index (κ3) is 6.42. The van der Waals surface area contributed by atoms with Gasteiger partial charge in [-0.3, -0.25) is 9.52 Å². The first-order chi connectivity index (χ1) is 17.9. The predicted octanol–water partition coefficient (Wildman–Crippen LogP) is 4.75. The fourth-order valence-electron chi connectivity index (χ4n) is 3.51. The van der Waals surface area contributed by atoms with Crippen molar-refractivity contribution in [3.63, 3.8) is 0 Å². The van der Waals surface area contributed by atoms with E-state index in [4.69, 9.17) is 9.47 Å². The minimum absolute atomic E-state index is 0.0139. The van der Waals surface area contributed by atoms with Crippen molar-refractivity contribution in [1.82, 2.24) is 9.97 Å². The molecule has 0 saturated carbocycles. The molecule has 1 unspecified atom stereocenters. The summed E-state index contributed by atoms with van der Waals surface area (Å²) in [6.07, 6.45) is 2.46. The Balaban J connectivity index is 1.39. The van der Waals surface area contributed by atoms with E-state index in [0.29, 0.717) is 17.9 Å². The fourth-order valence-corrected chi connectivity index (χ4v) is 4.52. The van der Waals surface area contributed by atoms with Crippen LogP contribution in [0.1, 0.15) is 13.3 Å². The SMILES string of the molecule is CCC(Oc1ccc(-c2ccccc2)cc1)C(=O)Nc1ccc(S(=O)(=O)Nc2nccnc2OC)cc1. The van der Waals surface area contributed by atoms with Gasteiger partial charge in [0.25, 0.3) is 21.8 Å². The maximum Gasteiger partial charge on any atom is 0.265 e. The zero-order chi connectivity index (χ0) is 26.3. The highest BCUT2D eigenvalue weighted by Gasteiger charge is 2.21. The van der Waals surface area contributed by atoms with E-state index in [0.717, 1.165) is 11.1 Å². The second-order valence-electron chi connectivity index (χ2n) is 7.94. The van der Waals surface area contributed by atoms with Gasteiger partial charge >= 0.3 is 0 Å². The lowest BCUT2D eigenvalue weighted by atomic mass is 10.1. The number of amides is 1. The van der Waals surface area contributed by atoms with E-state index in [9.17, 15) is 13.2 Å². The highest BCUT2D eigenvalue weighted by Crippen LogP contribution is 2.24. The second-order valence-corrected chi connectivity index (χ2v) is 9.62. The van der Waals surface area contributed by atoms with Gasteiger partial charge in [0.05, 0.1) is 12.0 Å². The Morgan fingerprint density at radius 1 is 0.892 bits per heavy atom. The number of nitrogens with zero attached hydrogens (tertiary/aromatic N) is 2. The molecule has 0 aliphatic heterocycles. The number of sulfonamides is 1. The molecule has 1 aromatic heterocycles. The molecule has 1 amide bonds. The average molecular weight is 519 g/mol. The van der Waals surface area contributed by atoms with Gasteiger partial charge in [-0.2, -0.15) is 0 Å². The zero-order valence-electron chi connectivity index (χ0n) is 20.3. The number of rotatable bonds is 10. The van der Waals surface area contributed by atoms with Crippen LogP contribution in [0, 0.1) is 0 Å². The van der Waals surface area contributed by atoms with Gasteiger partial charge < -0.3 is 14.8 Å². The summed E-state index contributed by atoms with van der Waals surface area (Å²) in [6, 6.07) is 23.3. The van der Waals surface area contributed by atoms with Crippen LogP contribution < -0.4 is 19.5 Å². The summed E-state index contributed by atoms with van der Waals surface area (Å²) in [6.45, 7) is 1.85. The fraction of sp³-hybridized carbons (Fsp3) is 0.148. The summed E-state index contributed by atoms with van der Waals surface area (Å²) in [7, 11) is -2.58. The lowest BCUT2D eigenvalue weighted by Gasteiger charge is -2.18. The average Bonchev–Trinajstić information content (AvgIpc) is 2.93. The molecule has 190 valence electrons. The molecule has 0 fully saturated rings. The van der Waals surface area contributed by atoms with Crippen LogP contribution in [-0.4, -0.2) is 37.5 Å². The number of anilines is 2. The van der Waals surface area contributed by atoms with Crippen LogP contribution in [0.25, 0.3) is 11.1 Å². The molecular weight excluding hydrogens is 492 g/mol. The normalized spacial score (nSPS) is 11.8. The maximum atomic E-state index is 12.8. The number of hydrogen-bond donors (Lipinski definition) is 2. The van der Waals surface area contributed by atoms with E-state index in [1.54, 1.807) is 0 Å². The maximum absolute atomic E-state index is 12.8. The Kier molecular flexibility index (Phi) is 7.99. The van der Waals surface area contributed by atoms with Gasteiger partial charge in [0.2, 0.25) is 5.82 Å². The van der Waals surface area contributed by atoms with Crippen LogP contribution in [0.15, 0.2) is 96.2 Å². The van der Waals surface area contributed by atoms with Crippen LogP contribution in [0.2, 0.25) is 0 Å². The van der Waals surface area contributed by atoms with Gasteiger partial charge in [0.1, 0.15) is 5.75 Å². The third-order valence-corrected chi connectivity index (χ3v) is 6.78. The van der Waals surface area contributed by atoms with E-state index < -0.39 is 16.1 Å². The van der Waals surface area contributed by atoms with Crippen LogP contribution in [0.4, 0.5) is 11.5 Å². The monoisotopic (exact) mass is 518 g/mol. The van der Waals surface area contributed by atoms with Crippen molar-refractivity contribution in [2.45, 2.75) is 24.3 Å². The molecule has 0 radical (unpaired) electrons. The number of methoxy groups -OCH3 is 1. The summed E-state index contributed by atoms with van der Waals surface area (Å²) >= 11 is 0. The molecule has 0 aliphatic carbocycles. The molecule has 4 rings (SSSR count). The van der Waals surface area contributed by atoms with Crippen molar-refractivity contribution in [3.8, 4) is 22.8 Å². The van der Waals surface area contributed by atoms with Gasteiger partial charge in [-0.05, 0) is 53.9 Å². The summed E-state index contributed by atoms with van der Waals surface area (Å²) in [4.78, 5) is 20.7. The lowest BCUT2D eigenvalue weighted by molar-refractivity contribution is -0.122. The van der Waals surface area contributed by atoms with Gasteiger partial charge in [-0.15, -0.1) is 0 Å². The summed E-state index contributed by atoms with van der Waals surface area (Å²) in [5.74, 6) is 0.263. The van der Waals surface area contributed by atoms with E-state index in [2.05, 4.69) is 20.0 Å². The third-order valence-electron chi connectivity index (χ3n) is 5.42. The van der Waals surface area contributed by atoms with Crippen molar-refractivity contribution in [3.05, 3.63) is 91.3 Å². The van der Waals surface area contributed by atoms with Gasteiger partial charge in [-0.1, -0.05) is 49.4 Å². The van der Waals surface area contributed by atoms with Crippen molar-refractivity contribution in [2.75, 3.05) is 17.1 Å². The zero-order valence-corrected chi connectivity index (χ0v) is 21.1. The Hall–Kier alpha value is -4.44. The first-order valence-electron chi connectivity index (χ1n) is 11.5. The molecule has 0 aliphatic rings. The molecule has 1 heterocycles. The Labute approximate surface area is 215 Å². The predicted molar refractivity (Wildman–Crippen MR) is 141 cm³/mol. The number of carbonyl (C=O) groups is 1. The number of benzene rings is 3. The highest BCUT2D eigenvalue weighted by molar-refractivity contribution is 7.92. The largest absolute Gasteiger partial charge is 0.481 e. The summed E-state index contributed by atoms with van der Waals surface area (Å²) < 4.78 is 38.8. The number of hydrogen-bond acceptors (Lipinski definition) is 7. The molecule has 3 aromatic carbocycles. The Morgan fingerprint density at radius 3 is 2.19 bits per heavy atom. The van der Waals surface area contributed by atoms with E-state index in [-0.39, 0.29) is 22.5 Å². The smallest absolute Gasteiger partial charge is 0.265 e. The molecule has 9 nitrogen and oxygen atoms in total.